The van der Waals surface area contributed by atoms with E-state index in [1.54, 1.807) is 0 Å². The molecule has 3 heteroatoms. The average molecular weight is 254 g/mol. The van der Waals surface area contributed by atoms with Crippen LogP contribution in [0, 0.1) is 6.92 Å². The molecule has 0 heterocycles. The van der Waals surface area contributed by atoms with Crippen molar-refractivity contribution in [2.24, 2.45) is 0 Å². The summed E-state index contributed by atoms with van der Waals surface area (Å²) >= 11 is 3.32. The number of halogens is 1. The summed E-state index contributed by atoms with van der Waals surface area (Å²) in [5, 5.41) is 0. The number of ketones is 2. The maximum Gasteiger partial charge on any atom is 0.202 e. The van der Waals surface area contributed by atoms with Crippen LogP contribution in [-0.2, 0) is 16.0 Å². The highest BCUT2D eigenvalue weighted by molar-refractivity contribution is 9.10. The Balaban J connectivity index is 2.75. The smallest absolute Gasteiger partial charge is 0.202 e. The van der Waals surface area contributed by atoms with Gasteiger partial charge in [-0.1, -0.05) is 34.1 Å². The fraction of sp³-hybridized carbons (Fsp3) is 0.182. The van der Waals surface area contributed by atoms with Crippen molar-refractivity contribution in [2.45, 2.75) is 12.8 Å². The molecule has 0 saturated carbocycles. The third-order valence-electron chi connectivity index (χ3n) is 1.85. The van der Waals surface area contributed by atoms with Crippen molar-refractivity contribution in [3.05, 3.63) is 41.2 Å². The quantitative estimate of drug-likeness (QED) is 0.773. The summed E-state index contributed by atoms with van der Waals surface area (Å²) in [6.45, 7) is 3.39. The molecular weight excluding hydrogens is 244 g/mol. The summed E-state index contributed by atoms with van der Waals surface area (Å²) in [6, 6.07) is 7.36. The summed E-state index contributed by atoms with van der Waals surface area (Å²) in [7, 11) is 0. The molecule has 1 rings (SSSR count). The molecule has 0 bridgehead atoms. The van der Waals surface area contributed by atoms with Gasteiger partial charge in [0.05, 0.1) is 0 Å². The number of hydrogen-bond acceptors (Lipinski definition) is 2. The molecule has 0 spiro atoms. The Labute approximate surface area is 91.4 Å². The van der Waals surface area contributed by atoms with E-state index in [0.717, 1.165) is 10.0 Å². The molecule has 0 unspecified atom stereocenters. The summed E-state index contributed by atoms with van der Waals surface area (Å²) in [6.07, 6.45) is 0.180. The normalized spacial score (nSPS) is 9.86. The summed E-state index contributed by atoms with van der Waals surface area (Å²) < 4.78 is 0.852. The van der Waals surface area contributed by atoms with Crippen LogP contribution >= 0.6 is 15.9 Å². The second-order valence-corrected chi connectivity index (χ2v) is 3.72. The van der Waals surface area contributed by atoms with Crippen LogP contribution in [0.3, 0.4) is 0 Å². The van der Waals surface area contributed by atoms with Crippen molar-refractivity contribution in [3.63, 3.8) is 0 Å². The molecule has 0 saturated heterocycles. The molecule has 0 aliphatic carbocycles. The summed E-state index contributed by atoms with van der Waals surface area (Å²) in [5.74, 6) is -0.798. The zero-order valence-corrected chi connectivity index (χ0v) is 9.21. The predicted octanol–water partition coefficient (Wildman–Crippen LogP) is 2.35. The largest absolute Gasteiger partial charge is 0.291 e. The third kappa shape index (κ3) is 2.77. The fourth-order valence-electron chi connectivity index (χ4n) is 1.05. The number of carbonyl (C=O) groups excluding carboxylic acids is 2. The molecular formula is C11H10BrO2. The van der Waals surface area contributed by atoms with E-state index in [2.05, 4.69) is 22.9 Å². The van der Waals surface area contributed by atoms with E-state index >= 15 is 0 Å². The van der Waals surface area contributed by atoms with Gasteiger partial charge in [0.1, 0.15) is 0 Å². The molecule has 73 valence electrons. The zero-order valence-electron chi connectivity index (χ0n) is 7.63. The highest BCUT2D eigenvalue weighted by Gasteiger charge is 2.12. The minimum absolute atomic E-state index is 0.0310. The Morgan fingerprint density at radius 3 is 2.43 bits per heavy atom. The monoisotopic (exact) mass is 253 g/mol. The number of hydrogen-bond donors (Lipinski definition) is 0. The van der Waals surface area contributed by atoms with Gasteiger partial charge in [-0.2, -0.15) is 0 Å². The molecule has 14 heavy (non-hydrogen) atoms. The van der Waals surface area contributed by atoms with E-state index < -0.39 is 5.78 Å². The standard InChI is InChI=1S/C11H10BrO2/c1-2-10(13)11(14)7-8-5-3-4-6-9(8)12/h3-6H,1-2,7H2. The van der Waals surface area contributed by atoms with Crippen molar-refractivity contribution in [1.82, 2.24) is 0 Å². The van der Waals surface area contributed by atoms with Crippen molar-refractivity contribution in [2.75, 3.05) is 0 Å². The molecule has 0 aromatic heterocycles. The number of Topliss-reactive ketones (excluding diaryl/α,β-unsaturated/α-hetero) is 2. The Kier molecular flexibility index (Phi) is 4.01. The van der Waals surface area contributed by atoms with Gasteiger partial charge in [-0.3, -0.25) is 9.59 Å². The molecule has 0 N–H and O–H groups in total. The van der Waals surface area contributed by atoms with E-state index in [0.29, 0.717) is 0 Å². The Morgan fingerprint density at radius 2 is 1.86 bits per heavy atom. The molecule has 1 aromatic rings. The van der Waals surface area contributed by atoms with Crippen LogP contribution in [0.1, 0.15) is 12.0 Å². The van der Waals surface area contributed by atoms with Crippen LogP contribution in [0.25, 0.3) is 0 Å². The molecule has 0 atom stereocenters. The molecule has 0 fully saturated rings. The van der Waals surface area contributed by atoms with Gasteiger partial charge < -0.3 is 0 Å². The van der Waals surface area contributed by atoms with Crippen molar-refractivity contribution < 1.29 is 9.59 Å². The number of rotatable bonds is 4. The lowest BCUT2D eigenvalue weighted by molar-refractivity contribution is -0.135. The van der Waals surface area contributed by atoms with Crippen LogP contribution in [0.15, 0.2) is 28.7 Å². The number of benzene rings is 1. The lowest BCUT2D eigenvalue weighted by Crippen LogP contribution is -2.15. The van der Waals surface area contributed by atoms with E-state index in [-0.39, 0.29) is 18.6 Å². The molecule has 0 amide bonds. The molecule has 1 aromatic carbocycles. The maximum absolute atomic E-state index is 11.3. The SMILES string of the molecule is [CH2]CC(=O)C(=O)Cc1ccccc1Br. The van der Waals surface area contributed by atoms with Crippen molar-refractivity contribution in [3.8, 4) is 0 Å². The summed E-state index contributed by atoms with van der Waals surface area (Å²) in [5.41, 5.74) is 0.833. The van der Waals surface area contributed by atoms with Crippen molar-refractivity contribution >= 4 is 27.5 Å². The summed E-state index contributed by atoms with van der Waals surface area (Å²) in [4.78, 5) is 22.3. The fourth-order valence-corrected chi connectivity index (χ4v) is 1.48. The second kappa shape index (κ2) is 5.05. The van der Waals surface area contributed by atoms with Crippen LogP contribution in [0.4, 0.5) is 0 Å². The maximum atomic E-state index is 11.3. The lowest BCUT2D eigenvalue weighted by Gasteiger charge is -2.01. The van der Waals surface area contributed by atoms with E-state index in [1.165, 1.54) is 0 Å². The number of carbonyl (C=O) groups is 2. The van der Waals surface area contributed by atoms with Gasteiger partial charge >= 0.3 is 0 Å². The Bertz CT molecular complexity index is 358. The zero-order chi connectivity index (χ0) is 10.6. The van der Waals surface area contributed by atoms with Gasteiger partial charge in [-0.25, -0.2) is 0 Å². The topological polar surface area (TPSA) is 34.1 Å². The first-order chi connectivity index (χ1) is 6.65. The van der Waals surface area contributed by atoms with Crippen LogP contribution in [0.5, 0.6) is 0 Å². The Morgan fingerprint density at radius 1 is 1.21 bits per heavy atom. The lowest BCUT2D eigenvalue weighted by atomic mass is 10.1. The van der Waals surface area contributed by atoms with Crippen LogP contribution < -0.4 is 0 Å². The molecule has 0 aliphatic rings. The van der Waals surface area contributed by atoms with Gasteiger partial charge in [0.2, 0.25) is 5.78 Å². The third-order valence-corrected chi connectivity index (χ3v) is 2.62. The van der Waals surface area contributed by atoms with Crippen LogP contribution in [0.2, 0.25) is 0 Å². The molecule has 1 radical (unpaired) electrons. The minimum atomic E-state index is -0.416. The van der Waals surface area contributed by atoms with Gasteiger partial charge in [-0.05, 0) is 18.6 Å². The van der Waals surface area contributed by atoms with Crippen LogP contribution in [-0.4, -0.2) is 11.6 Å². The first-order valence-electron chi connectivity index (χ1n) is 4.24. The van der Waals surface area contributed by atoms with Crippen molar-refractivity contribution in [1.29, 1.82) is 0 Å². The minimum Gasteiger partial charge on any atom is -0.291 e. The van der Waals surface area contributed by atoms with Gasteiger partial charge in [-0.15, -0.1) is 0 Å². The van der Waals surface area contributed by atoms with Gasteiger partial charge in [0.15, 0.2) is 5.78 Å². The van der Waals surface area contributed by atoms with Gasteiger partial charge in [0.25, 0.3) is 0 Å². The van der Waals surface area contributed by atoms with E-state index in [9.17, 15) is 9.59 Å². The highest BCUT2D eigenvalue weighted by atomic mass is 79.9. The Hall–Kier alpha value is -0.960. The highest BCUT2D eigenvalue weighted by Crippen LogP contribution is 2.16. The predicted molar refractivity (Wildman–Crippen MR) is 57.8 cm³/mol. The first kappa shape index (κ1) is 11.1. The van der Waals surface area contributed by atoms with E-state index in [4.69, 9.17) is 0 Å². The second-order valence-electron chi connectivity index (χ2n) is 2.86. The average Bonchev–Trinajstić information content (AvgIpc) is 2.20. The van der Waals surface area contributed by atoms with E-state index in [1.807, 2.05) is 24.3 Å². The molecule has 0 aliphatic heterocycles. The first-order valence-corrected chi connectivity index (χ1v) is 5.03. The van der Waals surface area contributed by atoms with Gasteiger partial charge in [0, 0.05) is 17.3 Å². The molecule has 2 nitrogen and oxygen atoms in total.